The van der Waals surface area contributed by atoms with Crippen LogP contribution in [0.4, 0.5) is 0 Å². The van der Waals surface area contributed by atoms with Crippen molar-refractivity contribution in [1.29, 1.82) is 0 Å². The number of rotatable bonds is 14. The Morgan fingerprint density at radius 2 is 1.50 bits per heavy atom. The van der Waals surface area contributed by atoms with Gasteiger partial charge >= 0.3 is 5.97 Å². The van der Waals surface area contributed by atoms with Gasteiger partial charge < -0.3 is 9.84 Å². The number of carbonyl (C=O) groups excluding carboxylic acids is 1. The molecule has 0 aliphatic carbocycles. The van der Waals surface area contributed by atoms with E-state index < -0.39 is 0 Å². The minimum atomic E-state index is -0.211. The molecule has 0 bridgehead atoms. The second-order valence-electron chi connectivity index (χ2n) is 5.05. The molecule has 0 spiro atoms. The number of aliphatic hydroxyl groups is 1. The molecule has 0 aromatic carbocycles. The molecule has 0 saturated heterocycles. The van der Waals surface area contributed by atoms with Crippen molar-refractivity contribution in [2.45, 2.75) is 70.6 Å². The Morgan fingerprint density at radius 3 is 2.05 bits per heavy atom. The van der Waals surface area contributed by atoms with Crippen molar-refractivity contribution in [3.63, 3.8) is 0 Å². The fourth-order valence-electron chi connectivity index (χ4n) is 2.02. The molecule has 0 amide bonds. The second-order valence-corrected chi connectivity index (χ2v) is 5.05. The van der Waals surface area contributed by atoms with Crippen molar-refractivity contribution < 1.29 is 14.6 Å². The van der Waals surface area contributed by atoms with E-state index in [9.17, 15) is 4.79 Å². The van der Waals surface area contributed by atoms with Crippen molar-refractivity contribution in [3.05, 3.63) is 25.0 Å². The van der Waals surface area contributed by atoms with Gasteiger partial charge in [0.15, 0.2) is 0 Å². The van der Waals surface area contributed by atoms with Crippen LogP contribution in [-0.4, -0.2) is 17.7 Å². The van der Waals surface area contributed by atoms with Gasteiger partial charge in [0.05, 0.1) is 12.9 Å². The fourth-order valence-corrected chi connectivity index (χ4v) is 2.02. The number of ether oxygens (including phenoxy) is 1. The van der Waals surface area contributed by atoms with E-state index >= 15 is 0 Å². The van der Waals surface area contributed by atoms with Crippen LogP contribution in [0, 0.1) is 0 Å². The van der Waals surface area contributed by atoms with E-state index in [1.165, 1.54) is 57.3 Å². The zero-order chi connectivity index (χ0) is 14.9. The summed E-state index contributed by atoms with van der Waals surface area (Å²) in [5.74, 6) is -0.211. The smallest absolute Gasteiger partial charge is 0.310 e. The van der Waals surface area contributed by atoms with Gasteiger partial charge in [-0.3, -0.25) is 4.79 Å². The molecule has 0 heterocycles. The normalized spacial score (nSPS) is 10.8. The van der Waals surface area contributed by atoms with Crippen molar-refractivity contribution in [2.24, 2.45) is 0 Å². The molecule has 0 atom stereocenters. The number of esters is 1. The molecule has 0 aliphatic rings. The number of carbonyl (C=O) groups is 1. The highest BCUT2D eigenvalue weighted by Gasteiger charge is 2.00. The fraction of sp³-hybridized carbons (Fsp3) is 0.706. The van der Waals surface area contributed by atoms with Gasteiger partial charge in [0.2, 0.25) is 0 Å². The molecule has 116 valence electrons. The van der Waals surface area contributed by atoms with Crippen LogP contribution in [0.25, 0.3) is 0 Å². The monoisotopic (exact) mass is 282 g/mol. The van der Waals surface area contributed by atoms with Crippen molar-refractivity contribution in [3.8, 4) is 0 Å². The topological polar surface area (TPSA) is 46.5 Å². The molecule has 3 heteroatoms. The number of hydrogen-bond acceptors (Lipinski definition) is 3. The quantitative estimate of drug-likeness (QED) is 0.221. The molecular formula is C17H30O3. The van der Waals surface area contributed by atoms with Gasteiger partial charge in [0.25, 0.3) is 0 Å². The Morgan fingerprint density at radius 1 is 0.950 bits per heavy atom. The Labute approximate surface area is 123 Å². The minimum absolute atomic E-state index is 0.0964. The lowest BCUT2D eigenvalue weighted by atomic mass is 10.1. The van der Waals surface area contributed by atoms with Crippen molar-refractivity contribution in [1.82, 2.24) is 0 Å². The zero-order valence-corrected chi connectivity index (χ0v) is 12.7. The lowest BCUT2D eigenvalue weighted by Gasteiger charge is -2.02. The summed E-state index contributed by atoms with van der Waals surface area (Å²) >= 11 is 0. The number of unbranched alkanes of at least 4 members (excludes halogenated alkanes) is 9. The molecule has 0 aromatic heterocycles. The average molecular weight is 282 g/mol. The third-order valence-electron chi connectivity index (χ3n) is 3.19. The molecule has 3 nitrogen and oxygen atoms in total. The van der Waals surface area contributed by atoms with Crippen molar-refractivity contribution >= 4 is 5.97 Å². The van der Waals surface area contributed by atoms with Crippen LogP contribution in [0.15, 0.2) is 25.0 Å². The maximum atomic E-state index is 11.2. The van der Waals surface area contributed by atoms with Gasteiger partial charge in [0, 0.05) is 6.42 Å². The first-order chi connectivity index (χ1) is 9.81. The van der Waals surface area contributed by atoms with E-state index in [1.54, 1.807) is 0 Å². The maximum Gasteiger partial charge on any atom is 0.310 e. The minimum Gasteiger partial charge on any atom is -0.435 e. The Balaban J connectivity index is 3.14. The van der Waals surface area contributed by atoms with E-state index in [4.69, 9.17) is 9.84 Å². The highest BCUT2D eigenvalue weighted by molar-refractivity contribution is 5.69. The van der Waals surface area contributed by atoms with Crippen LogP contribution in [0.2, 0.25) is 0 Å². The van der Waals surface area contributed by atoms with Crippen LogP contribution < -0.4 is 0 Å². The van der Waals surface area contributed by atoms with Crippen LogP contribution >= 0.6 is 0 Å². The summed E-state index contributed by atoms with van der Waals surface area (Å²) in [6, 6.07) is 0. The van der Waals surface area contributed by atoms with E-state index in [0.29, 0.717) is 6.42 Å². The van der Waals surface area contributed by atoms with Gasteiger partial charge in [0.1, 0.15) is 0 Å². The lowest BCUT2D eigenvalue weighted by Crippen LogP contribution is -1.99. The SMILES string of the molecule is C=CCCCCCCCCCCCC(=O)O/C=C/CO. The average Bonchev–Trinajstić information content (AvgIpc) is 2.45. The molecule has 1 N–H and O–H groups in total. The van der Waals surface area contributed by atoms with Gasteiger partial charge in [-0.2, -0.15) is 0 Å². The Bertz CT molecular complexity index is 259. The number of allylic oxidation sites excluding steroid dienone is 1. The number of aliphatic hydroxyl groups excluding tert-OH is 1. The third kappa shape index (κ3) is 15.0. The van der Waals surface area contributed by atoms with Crippen LogP contribution in [-0.2, 0) is 9.53 Å². The first-order valence-electron chi connectivity index (χ1n) is 7.87. The maximum absolute atomic E-state index is 11.2. The van der Waals surface area contributed by atoms with Gasteiger partial charge in [-0.1, -0.05) is 51.0 Å². The molecule has 0 fully saturated rings. The van der Waals surface area contributed by atoms with Crippen LogP contribution in [0.1, 0.15) is 70.6 Å². The summed E-state index contributed by atoms with van der Waals surface area (Å²) in [4.78, 5) is 11.2. The highest BCUT2D eigenvalue weighted by Crippen LogP contribution is 2.11. The third-order valence-corrected chi connectivity index (χ3v) is 3.19. The molecule has 0 radical (unpaired) electrons. The predicted octanol–water partition coefficient (Wildman–Crippen LogP) is 4.51. The number of hydrogen-bond donors (Lipinski definition) is 1. The van der Waals surface area contributed by atoms with Crippen LogP contribution in [0.3, 0.4) is 0 Å². The summed E-state index contributed by atoms with van der Waals surface area (Å²) < 4.78 is 4.79. The molecule has 0 aromatic rings. The van der Waals surface area contributed by atoms with E-state index in [1.807, 2.05) is 6.08 Å². The molecule has 0 aliphatic heterocycles. The molecule has 20 heavy (non-hydrogen) atoms. The first kappa shape index (κ1) is 18.9. The summed E-state index contributed by atoms with van der Waals surface area (Å²) in [5, 5.41) is 8.47. The summed E-state index contributed by atoms with van der Waals surface area (Å²) in [5.41, 5.74) is 0. The predicted molar refractivity (Wildman–Crippen MR) is 83.3 cm³/mol. The van der Waals surface area contributed by atoms with E-state index in [-0.39, 0.29) is 12.6 Å². The molecule has 0 unspecified atom stereocenters. The van der Waals surface area contributed by atoms with Gasteiger partial charge in [-0.05, 0) is 25.3 Å². The molecule has 0 saturated carbocycles. The summed E-state index contributed by atoms with van der Waals surface area (Å²) in [6.07, 6.45) is 17.3. The van der Waals surface area contributed by atoms with Crippen LogP contribution in [0.5, 0.6) is 0 Å². The molecule has 0 rings (SSSR count). The first-order valence-corrected chi connectivity index (χ1v) is 7.87. The second kappa shape index (κ2) is 16.0. The summed E-state index contributed by atoms with van der Waals surface area (Å²) in [7, 11) is 0. The molecular weight excluding hydrogens is 252 g/mol. The van der Waals surface area contributed by atoms with Crippen molar-refractivity contribution in [2.75, 3.05) is 6.61 Å². The van der Waals surface area contributed by atoms with E-state index in [2.05, 4.69) is 6.58 Å². The largest absolute Gasteiger partial charge is 0.435 e. The lowest BCUT2D eigenvalue weighted by molar-refractivity contribution is -0.138. The standard InChI is InChI=1S/C17H30O3/c1-2-3-4-5-6-7-8-9-10-11-12-14-17(19)20-16-13-15-18/h2,13,16,18H,1,3-12,14-15H2/b16-13+. The van der Waals surface area contributed by atoms with Gasteiger partial charge in [-0.25, -0.2) is 0 Å². The Kier molecular flexibility index (Phi) is 15.1. The Hall–Kier alpha value is -1.09. The van der Waals surface area contributed by atoms with E-state index in [0.717, 1.165) is 19.3 Å². The van der Waals surface area contributed by atoms with Gasteiger partial charge in [-0.15, -0.1) is 6.58 Å². The highest BCUT2D eigenvalue weighted by atomic mass is 16.5. The zero-order valence-electron chi connectivity index (χ0n) is 12.7. The summed E-state index contributed by atoms with van der Waals surface area (Å²) in [6.45, 7) is 3.63.